The van der Waals surface area contributed by atoms with Crippen molar-refractivity contribution in [2.75, 3.05) is 4.72 Å². The van der Waals surface area contributed by atoms with Crippen LogP contribution in [0.25, 0.3) is 0 Å². The number of anilines is 1. The Morgan fingerprint density at radius 1 is 1.35 bits per heavy atom. The molecule has 0 atom stereocenters. The van der Waals surface area contributed by atoms with E-state index in [9.17, 15) is 8.42 Å². The molecular weight excluding hydrogens is 276 g/mol. The third-order valence-corrected chi connectivity index (χ3v) is 4.14. The van der Waals surface area contributed by atoms with Crippen LogP contribution in [0.2, 0.25) is 0 Å². The van der Waals surface area contributed by atoms with Gasteiger partial charge in [-0.1, -0.05) is 19.1 Å². The fraction of sp³-hybridized carbons (Fsp3) is 0.231. The van der Waals surface area contributed by atoms with Crippen LogP contribution in [0.5, 0.6) is 0 Å². The third-order valence-electron chi connectivity index (χ3n) is 2.77. The zero-order valence-electron chi connectivity index (χ0n) is 10.9. The second-order valence-electron chi connectivity index (χ2n) is 4.22. The molecule has 0 unspecified atom stereocenters. The maximum absolute atomic E-state index is 12.1. The van der Waals surface area contributed by atoms with E-state index in [0.29, 0.717) is 0 Å². The van der Waals surface area contributed by atoms with Crippen molar-refractivity contribution in [3.8, 4) is 6.07 Å². The fourth-order valence-electron chi connectivity index (χ4n) is 1.67. The van der Waals surface area contributed by atoms with E-state index < -0.39 is 10.0 Å². The molecule has 1 heterocycles. The Kier molecular flexibility index (Phi) is 4.05. The standard InChI is InChI=1S/C13H14N4O2S/c1-2-11-9-13(16-15-11)17-20(18,19)12-5-3-10(4-6-12)7-8-14/h3-6,9H,2,7H2,1H3,(H2,15,16,17). The highest BCUT2D eigenvalue weighted by molar-refractivity contribution is 7.92. The Morgan fingerprint density at radius 2 is 2.05 bits per heavy atom. The molecule has 1 aromatic heterocycles. The van der Waals surface area contributed by atoms with Crippen molar-refractivity contribution in [1.29, 1.82) is 5.26 Å². The number of nitrogens with one attached hydrogen (secondary N) is 2. The van der Waals surface area contributed by atoms with Crippen LogP contribution >= 0.6 is 0 Å². The van der Waals surface area contributed by atoms with Crippen LogP contribution in [0.3, 0.4) is 0 Å². The summed E-state index contributed by atoms with van der Waals surface area (Å²) in [7, 11) is -3.66. The van der Waals surface area contributed by atoms with Gasteiger partial charge in [0.25, 0.3) is 10.0 Å². The van der Waals surface area contributed by atoms with Crippen molar-refractivity contribution in [2.24, 2.45) is 0 Å². The molecule has 0 saturated heterocycles. The van der Waals surface area contributed by atoms with Gasteiger partial charge >= 0.3 is 0 Å². The number of aromatic nitrogens is 2. The predicted molar refractivity (Wildman–Crippen MR) is 74.5 cm³/mol. The van der Waals surface area contributed by atoms with Crippen LogP contribution < -0.4 is 4.72 Å². The predicted octanol–water partition coefficient (Wildman–Crippen LogP) is 1.84. The van der Waals surface area contributed by atoms with Gasteiger partial charge in [0.05, 0.1) is 17.4 Å². The molecule has 0 saturated carbocycles. The molecule has 0 fully saturated rings. The zero-order chi connectivity index (χ0) is 14.6. The van der Waals surface area contributed by atoms with Gasteiger partial charge in [-0.3, -0.25) is 9.82 Å². The fourth-order valence-corrected chi connectivity index (χ4v) is 2.66. The number of hydrogen-bond acceptors (Lipinski definition) is 4. The molecule has 7 heteroatoms. The van der Waals surface area contributed by atoms with Gasteiger partial charge in [0.1, 0.15) is 0 Å². The summed E-state index contributed by atoms with van der Waals surface area (Å²) in [5.74, 6) is 0.267. The van der Waals surface area contributed by atoms with Crippen molar-refractivity contribution in [3.63, 3.8) is 0 Å². The maximum atomic E-state index is 12.1. The largest absolute Gasteiger partial charge is 0.280 e. The zero-order valence-corrected chi connectivity index (χ0v) is 11.7. The highest BCUT2D eigenvalue weighted by atomic mass is 32.2. The van der Waals surface area contributed by atoms with Crippen LogP contribution in [0.15, 0.2) is 35.2 Å². The first-order chi connectivity index (χ1) is 9.55. The summed E-state index contributed by atoms with van der Waals surface area (Å²) in [6.07, 6.45) is 1.00. The molecule has 0 aliphatic carbocycles. The Labute approximate surface area is 117 Å². The minimum Gasteiger partial charge on any atom is -0.280 e. The average molecular weight is 290 g/mol. The second-order valence-corrected chi connectivity index (χ2v) is 5.90. The molecule has 0 radical (unpaired) electrons. The molecule has 0 amide bonds. The highest BCUT2D eigenvalue weighted by Crippen LogP contribution is 2.16. The van der Waals surface area contributed by atoms with Crippen molar-refractivity contribution in [3.05, 3.63) is 41.6 Å². The van der Waals surface area contributed by atoms with Crippen LogP contribution in [0, 0.1) is 11.3 Å². The molecule has 6 nitrogen and oxygen atoms in total. The summed E-state index contributed by atoms with van der Waals surface area (Å²) in [5, 5.41) is 15.2. The average Bonchev–Trinajstić information content (AvgIpc) is 2.87. The summed E-state index contributed by atoms with van der Waals surface area (Å²) >= 11 is 0. The van der Waals surface area contributed by atoms with Gasteiger partial charge in [0, 0.05) is 11.8 Å². The van der Waals surface area contributed by atoms with Gasteiger partial charge in [-0.25, -0.2) is 8.42 Å². The summed E-state index contributed by atoms with van der Waals surface area (Å²) in [4.78, 5) is 0.139. The molecule has 104 valence electrons. The lowest BCUT2D eigenvalue weighted by Crippen LogP contribution is -2.13. The van der Waals surface area contributed by atoms with E-state index in [2.05, 4.69) is 14.9 Å². The van der Waals surface area contributed by atoms with Crippen molar-refractivity contribution < 1.29 is 8.42 Å². The van der Waals surface area contributed by atoms with E-state index in [1.54, 1.807) is 18.2 Å². The van der Waals surface area contributed by atoms with Crippen molar-refractivity contribution in [1.82, 2.24) is 10.2 Å². The molecule has 2 aromatic rings. The number of aromatic amines is 1. The summed E-state index contributed by atoms with van der Waals surface area (Å²) in [5.41, 5.74) is 1.63. The minimum atomic E-state index is -3.66. The number of hydrogen-bond donors (Lipinski definition) is 2. The molecule has 1 aromatic carbocycles. The van der Waals surface area contributed by atoms with Crippen LogP contribution in [0.1, 0.15) is 18.2 Å². The van der Waals surface area contributed by atoms with Gasteiger partial charge in [0.2, 0.25) is 0 Å². The Morgan fingerprint density at radius 3 is 2.60 bits per heavy atom. The third kappa shape index (κ3) is 3.16. The lowest BCUT2D eigenvalue weighted by molar-refractivity contribution is 0.601. The van der Waals surface area contributed by atoms with E-state index in [-0.39, 0.29) is 17.1 Å². The number of nitrogens with zero attached hydrogens (tertiary/aromatic N) is 2. The molecule has 20 heavy (non-hydrogen) atoms. The maximum Gasteiger partial charge on any atom is 0.263 e. The van der Waals surface area contributed by atoms with Crippen LogP contribution in [-0.4, -0.2) is 18.6 Å². The Bertz CT molecular complexity index is 726. The first kappa shape index (κ1) is 14.1. The number of nitriles is 1. The Balaban J connectivity index is 2.19. The highest BCUT2D eigenvalue weighted by Gasteiger charge is 2.15. The molecule has 2 rings (SSSR count). The summed E-state index contributed by atoms with van der Waals surface area (Å²) in [6.45, 7) is 1.94. The van der Waals surface area contributed by atoms with Gasteiger partial charge in [-0.05, 0) is 24.1 Å². The lowest BCUT2D eigenvalue weighted by atomic mass is 10.2. The van der Waals surface area contributed by atoms with Crippen molar-refractivity contribution in [2.45, 2.75) is 24.7 Å². The number of H-pyrrole nitrogens is 1. The van der Waals surface area contributed by atoms with Crippen LogP contribution in [-0.2, 0) is 22.9 Å². The first-order valence-corrected chi connectivity index (χ1v) is 7.56. The van der Waals surface area contributed by atoms with Crippen molar-refractivity contribution >= 4 is 15.8 Å². The quantitative estimate of drug-likeness (QED) is 0.877. The molecular formula is C13H14N4O2S. The van der Waals surface area contributed by atoms with E-state index in [1.165, 1.54) is 12.1 Å². The summed E-state index contributed by atoms with van der Waals surface area (Å²) < 4.78 is 26.7. The Hall–Kier alpha value is -2.33. The minimum absolute atomic E-state index is 0.139. The topological polar surface area (TPSA) is 98.6 Å². The van der Waals surface area contributed by atoms with Gasteiger partial charge in [0.15, 0.2) is 5.82 Å². The molecule has 0 aliphatic rings. The summed E-state index contributed by atoms with van der Waals surface area (Å²) in [6, 6.07) is 9.87. The van der Waals surface area contributed by atoms with E-state index in [4.69, 9.17) is 5.26 Å². The number of benzene rings is 1. The van der Waals surface area contributed by atoms with Crippen LogP contribution in [0.4, 0.5) is 5.82 Å². The number of rotatable bonds is 5. The normalized spacial score (nSPS) is 11.0. The smallest absolute Gasteiger partial charge is 0.263 e. The van der Waals surface area contributed by atoms with Gasteiger partial charge < -0.3 is 0 Å². The first-order valence-electron chi connectivity index (χ1n) is 6.08. The van der Waals surface area contributed by atoms with Gasteiger partial charge in [-0.2, -0.15) is 10.4 Å². The molecule has 0 spiro atoms. The second kappa shape index (κ2) is 5.75. The molecule has 0 bridgehead atoms. The SMILES string of the molecule is CCc1cc(NS(=O)(=O)c2ccc(CC#N)cc2)n[nH]1. The van der Waals surface area contributed by atoms with E-state index in [0.717, 1.165) is 17.7 Å². The lowest BCUT2D eigenvalue weighted by Gasteiger charge is -2.05. The molecule has 0 aliphatic heterocycles. The number of aryl methyl sites for hydroxylation is 1. The van der Waals surface area contributed by atoms with E-state index in [1.807, 2.05) is 13.0 Å². The molecule has 2 N–H and O–H groups in total. The van der Waals surface area contributed by atoms with E-state index >= 15 is 0 Å². The monoisotopic (exact) mass is 290 g/mol. The number of sulfonamides is 1. The van der Waals surface area contributed by atoms with Gasteiger partial charge in [-0.15, -0.1) is 0 Å².